The molecule has 0 bridgehead atoms. The third kappa shape index (κ3) is 4.40. The second kappa shape index (κ2) is 9.19. The average molecular weight is 379 g/mol. The zero-order valence-corrected chi connectivity index (χ0v) is 16.0. The van der Waals surface area contributed by atoms with E-state index < -0.39 is 11.2 Å². The fourth-order valence-electron chi connectivity index (χ4n) is 3.16. The van der Waals surface area contributed by atoms with E-state index in [1.807, 2.05) is 67.6 Å². The van der Waals surface area contributed by atoms with Crippen LogP contribution in [0.25, 0.3) is 0 Å². The molecule has 146 valence electrons. The molecule has 0 saturated heterocycles. The molecule has 28 heavy (non-hydrogen) atoms. The molecule has 0 spiro atoms. The molecule has 0 unspecified atom stereocenters. The lowest BCUT2D eigenvalue weighted by molar-refractivity contribution is 0.0812. The summed E-state index contributed by atoms with van der Waals surface area (Å²) in [6, 6.07) is 19.3. The highest BCUT2D eigenvalue weighted by atomic mass is 16.5. The molecule has 0 aliphatic rings. The maximum Gasteiger partial charge on any atom is 0.333 e. The summed E-state index contributed by atoms with van der Waals surface area (Å²) >= 11 is 0. The molecule has 0 fully saturated rings. The van der Waals surface area contributed by atoms with Crippen LogP contribution in [0.4, 0.5) is 5.69 Å². The molecule has 2 aromatic carbocycles. The Morgan fingerprint density at radius 3 is 2.07 bits per heavy atom. The van der Waals surface area contributed by atoms with Crippen LogP contribution in [0, 0.1) is 0 Å². The Labute approximate surface area is 163 Å². The van der Waals surface area contributed by atoms with E-state index in [0.29, 0.717) is 25.1 Å². The Morgan fingerprint density at radius 1 is 0.857 bits per heavy atom. The van der Waals surface area contributed by atoms with E-state index in [9.17, 15) is 9.59 Å². The molecule has 2 N–H and O–H groups in total. The van der Waals surface area contributed by atoms with Gasteiger partial charge in [-0.3, -0.25) is 13.9 Å². The molecular formula is C22H25N3O3. The highest BCUT2D eigenvalue weighted by Gasteiger charge is 2.17. The van der Waals surface area contributed by atoms with Crippen LogP contribution in [0.3, 0.4) is 0 Å². The van der Waals surface area contributed by atoms with Crippen LogP contribution in [0.1, 0.15) is 23.7 Å². The Hall–Kier alpha value is -3.12. The molecule has 0 amide bonds. The number of ether oxygens (including phenoxy) is 1. The average Bonchev–Trinajstić information content (AvgIpc) is 2.73. The van der Waals surface area contributed by atoms with Crippen molar-refractivity contribution >= 4 is 5.69 Å². The predicted octanol–water partition coefficient (Wildman–Crippen LogP) is 2.42. The van der Waals surface area contributed by atoms with Gasteiger partial charge in [-0.25, -0.2) is 4.79 Å². The topological polar surface area (TPSA) is 79.2 Å². The molecule has 3 aromatic rings. The van der Waals surface area contributed by atoms with E-state index >= 15 is 0 Å². The summed E-state index contributed by atoms with van der Waals surface area (Å²) in [5, 5.41) is 0. The molecule has 0 aliphatic heterocycles. The first-order chi connectivity index (χ1) is 13.6. The Bertz CT molecular complexity index is 1020. The number of rotatable bonds is 8. The first kappa shape index (κ1) is 19.6. The molecule has 3 rings (SSSR count). The Kier molecular flexibility index (Phi) is 6.45. The zero-order valence-electron chi connectivity index (χ0n) is 16.0. The van der Waals surface area contributed by atoms with Crippen molar-refractivity contribution in [2.75, 3.05) is 12.3 Å². The number of hydrogen-bond donors (Lipinski definition) is 1. The number of aromatic nitrogens is 2. The third-order valence-electron chi connectivity index (χ3n) is 4.68. The quantitative estimate of drug-likeness (QED) is 0.652. The van der Waals surface area contributed by atoms with Gasteiger partial charge in [-0.1, -0.05) is 60.7 Å². The van der Waals surface area contributed by atoms with Gasteiger partial charge in [0.2, 0.25) is 0 Å². The van der Waals surface area contributed by atoms with Gasteiger partial charge in [0.15, 0.2) is 0 Å². The standard InChI is InChI=1S/C22H25N3O3/c1-2-28-16-25-19(14-13-17-9-5-3-6-10-17)20(23)21(26)24(22(25)27)15-18-11-7-4-8-12-18/h3-12H,2,13-16,23H2,1H3. The number of hydrogen-bond acceptors (Lipinski definition) is 4. The smallest absolute Gasteiger partial charge is 0.333 e. The van der Waals surface area contributed by atoms with E-state index in [-0.39, 0.29) is 19.0 Å². The normalized spacial score (nSPS) is 10.9. The van der Waals surface area contributed by atoms with Crippen molar-refractivity contribution in [3.63, 3.8) is 0 Å². The van der Waals surface area contributed by atoms with Crippen LogP contribution in [0.2, 0.25) is 0 Å². The first-order valence-electron chi connectivity index (χ1n) is 9.39. The maximum atomic E-state index is 13.1. The lowest BCUT2D eigenvalue weighted by Gasteiger charge is -2.18. The zero-order chi connectivity index (χ0) is 19.9. The first-order valence-corrected chi connectivity index (χ1v) is 9.39. The van der Waals surface area contributed by atoms with Gasteiger partial charge in [-0.15, -0.1) is 0 Å². The Morgan fingerprint density at radius 2 is 1.46 bits per heavy atom. The second-order valence-corrected chi connectivity index (χ2v) is 6.56. The minimum Gasteiger partial charge on any atom is -0.393 e. The van der Waals surface area contributed by atoms with Crippen molar-refractivity contribution in [2.24, 2.45) is 0 Å². The van der Waals surface area contributed by atoms with Gasteiger partial charge >= 0.3 is 5.69 Å². The molecule has 1 aromatic heterocycles. The van der Waals surface area contributed by atoms with Crippen LogP contribution in [0.15, 0.2) is 70.3 Å². The monoisotopic (exact) mass is 379 g/mol. The summed E-state index contributed by atoms with van der Waals surface area (Å²) in [4.78, 5) is 25.9. The van der Waals surface area contributed by atoms with Crippen molar-refractivity contribution in [2.45, 2.75) is 33.0 Å². The predicted molar refractivity (Wildman–Crippen MR) is 110 cm³/mol. The van der Waals surface area contributed by atoms with Crippen LogP contribution in [-0.2, 0) is 30.9 Å². The fourth-order valence-corrected chi connectivity index (χ4v) is 3.16. The van der Waals surface area contributed by atoms with Crippen molar-refractivity contribution in [1.29, 1.82) is 0 Å². The SMILES string of the molecule is CCOCn1c(CCc2ccccc2)c(N)c(=O)n(Cc2ccccc2)c1=O. The summed E-state index contributed by atoms with van der Waals surface area (Å²) in [6.07, 6.45) is 1.17. The summed E-state index contributed by atoms with van der Waals surface area (Å²) in [7, 11) is 0. The summed E-state index contributed by atoms with van der Waals surface area (Å²) in [5.74, 6) is 0. The van der Waals surface area contributed by atoms with E-state index in [0.717, 1.165) is 11.1 Å². The number of nitrogens with zero attached hydrogens (tertiary/aromatic N) is 2. The summed E-state index contributed by atoms with van der Waals surface area (Å²) < 4.78 is 8.14. The molecule has 0 saturated carbocycles. The van der Waals surface area contributed by atoms with Gasteiger partial charge in [0.05, 0.1) is 12.2 Å². The van der Waals surface area contributed by atoms with Crippen LogP contribution in [0.5, 0.6) is 0 Å². The van der Waals surface area contributed by atoms with Gasteiger partial charge < -0.3 is 10.5 Å². The minimum absolute atomic E-state index is 0.0682. The molecular weight excluding hydrogens is 354 g/mol. The molecule has 0 atom stereocenters. The van der Waals surface area contributed by atoms with E-state index in [1.54, 1.807) is 0 Å². The maximum absolute atomic E-state index is 13.1. The molecule has 6 nitrogen and oxygen atoms in total. The van der Waals surface area contributed by atoms with Crippen LogP contribution < -0.4 is 17.0 Å². The third-order valence-corrected chi connectivity index (χ3v) is 4.68. The van der Waals surface area contributed by atoms with Gasteiger partial charge in [0, 0.05) is 6.61 Å². The Balaban J connectivity index is 2.01. The largest absolute Gasteiger partial charge is 0.393 e. The lowest BCUT2D eigenvalue weighted by atomic mass is 10.1. The van der Waals surface area contributed by atoms with E-state index in [2.05, 4.69) is 0 Å². The van der Waals surface area contributed by atoms with E-state index in [1.165, 1.54) is 9.13 Å². The molecule has 6 heteroatoms. The minimum atomic E-state index is -0.454. The number of benzene rings is 2. The van der Waals surface area contributed by atoms with Crippen molar-refractivity contribution in [1.82, 2.24) is 9.13 Å². The lowest BCUT2D eigenvalue weighted by Crippen LogP contribution is -2.43. The van der Waals surface area contributed by atoms with Crippen molar-refractivity contribution < 1.29 is 4.74 Å². The fraction of sp³-hybridized carbons (Fsp3) is 0.273. The molecule has 0 radical (unpaired) electrons. The van der Waals surface area contributed by atoms with Crippen LogP contribution in [-0.4, -0.2) is 15.7 Å². The number of anilines is 1. The van der Waals surface area contributed by atoms with Crippen molar-refractivity contribution in [3.8, 4) is 0 Å². The van der Waals surface area contributed by atoms with Gasteiger partial charge in [-0.2, -0.15) is 0 Å². The van der Waals surface area contributed by atoms with Crippen molar-refractivity contribution in [3.05, 3.63) is 98.3 Å². The number of nitrogen functional groups attached to an aromatic ring is 1. The van der Waals surface area contributed by atoms with Crippen LogP contribution >= 0.6 is 0 Å². The van der Waals surface area contributed by atoms with Gasteiger partial charge in [0.1, 0.15) is 12.4 Å². The summed E-state index contributed by atoms with van der Waals surface area (Å²) in [6.45, 7) is 2.56. The highest BCUT2D eigenvalue weighted by molar-refractivity contribution is 5.41. The molecule has 0 aliphatic carbocycles. The summed E-state index contributed by atoms with van der Waals surface area (Å²) in [5.41, 5.74) is 7.94. The number of aryl methyl sites for hydroxylation is 1. The highest BCUT2D eigenvalue weighted by Crippen LogP contribution is 2.11. The van der Waals surface area contributed by atoms with E-state index in [4.69, 9.17) is 10.5 Å². The second-order valence-electron chi connectivity index (χ2n) is 6.56. The molecule has 1 heterocycles. The van der Waals surface area contributed by atoms with Gasteiger partial charge in [-0.05, 0) is 30.9 Å². The van der Waals surface area contributed by atoms with Gasteiger partial charge in [0.25, 0.3) is 5.56 Å². The number of nitrogens with two attached hydrogens (primary N) is 1.